The van der Waals surface area contributed by atoms with E-state index in [2.05, 4.69) is 92.5 Å². The summed E-state index contributed by atoms with van der Waals surface area (Å²) in [5, 5.41) is 3.47. The average Bonchev–Trinajstić information content (AvgIpc) is 2.92. The molecule has 1 radical (unpaired) electrons. The van der Waals surface area contributed by atoms with E-state index in [9.17, 15) is 4.79 Å². The van der Waals surface area contributed by atoms with Crippen molar-refractivity contribution in [3.63, 3.8) is 0 Å². The van der Waals surface area contributed by atoms with Crippen LogP contribution in [0.25, 0.3) is 10.9 Å². The number of hydrogen-bond acceptors (Lipinski definition) is 4. The fraction of sp³-hybridized carbons (Fsp3) is 0.312. The number of carbonyl (C=O) groups is 1. The molecule has 4 aromatic rings. The predicted molar refractivity (Wildman–Crippen MR) is 154 cm³/mol. The van der Waals surface area contributed by atoms with Crippen molar-refractivity contribution < 1.29 is 14.0 Å². The zero-order chi connectivity index (χ0) is 26.8. The number of amides is 1. The second-order valence-corrected chi connectivity index (χ2v) is 15.4. The Hall–Kier alpha value is -3.48. The average molecular weight is 524 g/mol. The zero-order valence-corrected chi connectivity index (χ0v) is 23.3. The molecule has 0 spiro atoms. The van der Waals surface area contributed by atoms with Gasteiger partial charge in [0.15, 0.2) is 0 Å². The minimum Gasteiger partial charge on any atom is -0.490 e. The molecule has 1 heterocycles. The first kappa shape index (κ1) is 26.1. The molecule has 1 amide bonds. The van der Waals surface area contributed by atoms with Crippen LogP contribution in [0, 0.1) is 6.07 Å². The van der Waals surface area contributed by atoms with Crippen molar-refractivity contribution >= 4 is 35.5 Å². The zero-order valence-electron chi connectivity index (χ0n) is 22.3. The molecule has 6 heteroatoms. The SMILES string of the molecule is CC(C)(C)[Si](OC1CCC(Oc2[c]cc3ccc(C(N)=O)nc3c2)CC1)(c1ccccc1)c1ccccc1. The maximum absolute atomic E-state index is 11.5. The van der Waals surface area contributed by atoms with E-state index in [1.807, 2.05) is 18.2 Å². The van der Waals surface area contributed by atoms with Gasteiger partial charge in [-0.1, -0.05) is 87.5 Å². The number of hydrogen-bond donors (Lipinski definition) is 1. The van der Waals surface area contributed by atoms with Crippen molar-refractivity contribution in [2.45, 2.75) is 63.7 Å². The summed E-state index contributed by atoms with van der Waals surface area (Å²) in [5.74, 6) is 0.101. The van der Waals surface area contributed by atoms with Crippen LogP contribution >= 0.6 is 0 Å². The Bertz CT molecular complexity index is 1360. The summed E-state index contributed by atoms with van der Waals surface area (Å²) in [5.41, 5.74) is 6.33. The van der Waals surface area contributed by atoms with Crippen LogP contribution in [0.5, 0.6) is 5.75 Å². The highest BCUT2D eigenvalue weighted by molar-refractivity contribution is 6.99. The standard InChI is InChI=1S/C32H35N2O3Si/c1-32(2,3)38(27-10-6-4-7-11-27,28-12-8-5-9-13-28)37-25-19-17-24(18-20-25)36-26-16-14-23-15-21-29(31(33)35)34-30(23)22-26/h4-15,21-22,24-25H,17-20H2,1-3H3,(H2,33,35). The van der Waals surface area contributed by atoms with Gasteiger partial charge in [-0.3, -0.25) is 4.79 Å². The number of nitrogens with zero attached hydrogens (tertiary/aromatic N) is 1. The number of pyridine rings is 1. The number of rotatable bonds is 7. The van der Waals surface area contributed by atoms with Crippen LogP contribution < -0.4 is 20.8 Å². The Labute approximate surface area is 226 Å². The van der Waals surface area contributed by atoms with E-state index in [0.717, 1.165) is 31.1 Å². The van der Waals surface area contributed by atoms with Crippen molar-refractivity contribution in [3.05, 3.63) is 96.7 Å². The number of aromatic nitrogens is 1. The molecular weight excluding hydrogens is 488 g/mol. The Kier molecular flexibility index (Phi) is 7.37. The molecule has 0 saturated heterocycles. The lowest BCUT2D eigenvalue weighted by atomic mass is 9.95. The van der Waals surface area contributed by atoms with Gasteiger partial charge >= 0.3 is 0 Å². The van der Waals surface area contributed by atoms with Crippen LogP contribution in [0.1, 0.15) is 56.9 Å². The van der Waals surface area contributed by atoms with Gasteiger partial charge in [0.05, 0.1) is 11.6 Å². The van der Waals surface area contributed by atoms with Gasteiger partial charge in [-0.25, -0.2) is 4.98 Å². The Morgan fingerprint density at radius 2 is 1.47 bits per heavy atom. The molecule has 195 valence electrons. The maximum Gasteiger partial charge on any atom is 0.267 e. The summed E-state index contributed by atoms with van der Waals surface area (Å²) < 4.78 is 13.7. The van der Waals surface area contributed by atoms with Crippen LogP contribution in [-0.2, 0) is 4.43 Å². The summed E-state index contributed by atoms with van der Waals surface area (Å²) in [6.07, 6.45) is 3.94. The second-order valence-electron chi connectivity index (χ2n) is 11.1. The molecule has 0 aliphatic heterocycles. The number of nitrogens with two attached hydrogens (primary N) is 1. The van der Waals surface area contributed by atoms with Crippen LogP contribution in [0.4, 0.5) is 0 Å². The summed E-state index contributed by atoms with van der Waals surface area (Å²) >= 11 is 0. The topological polar surface area (TPSA) is 74.4 Å². The third-order valence-electron chi connectivity index (χ3n) is 7.52. The maximum atomic E-state index is 11.5. The first-order valence-corrected chi connectivity index (χ1v) is 15.2. The van der Waals surface area contributed by atoms with Crippen molar-refractivity contribution in [1.82, 2.24) is 4.98 Å². The predicted octanol–water partition coefficient (Wildman–Crippen LogP) is 5.40. The molecule has 3 aromatic carbocycles. The molecule has 1 aromatic heterocycles. The lowest BCUT2D eigenvalue weighted by molar-refractivity contribution is 0.0750. The molecule has 0 bridgehead atoms. The van der Waals surface area contributed by atoms with Gasteiger partial charge in [0.25, 0.3) is 14.2 Å². The van der Waals surface area contributed by atoms with Gasteiger partial charge in [-0.2, -0.15) is 0 Å². The van der Waals surface area contributed by atoms with E-state index in [1.54, 1.807) is 6.07 Å². The molecule has 1 fully saturated rings. The number of ether oxygens (including phenoxy) is 1. The fourth-order valence-corrected chi connectivity index (χ4v) is 10.4. The second kappa shape index (κ2) is 10.7. The van der Waals surface area contributed by atoms with Crippen LogP contribution in [0.2, 0.25) is 5.04 Å². The number of fused-ring (bicyclic) bond motifs is 1. The molecule has 38 heavy (non-hydrogen) atoms. The normalized spacial score (nSPS) is 18.3. The quantitative estimate of drug-likeness (QED) is 0.329. The summed E-state index contributed by atoms with van der Waals surface area (Å²) in [6, 6.07) is 32.0. The van der Waals surface area contributed by atoms with Crippen LogP contribution in [0.3, 0.4) is 0 Å². The van der Waals surface area contributed by atoms with Gasteiger partial charge in [-0.15, -0.1) is 0 Å². The van der Waals surface area contributed by atoms with E-state index < -0.39 is 14.2 Å². The minimum absolute atomic E-state index is 0.0418. The van der Waals surface area contributed by atoms with Crippen molar-refractivity contribution in [3.8, 4) is 5.75 Å². The summed E-state index contributed by atoms with van der Waals surface area (Å²) in [7, 11) is -2.57. The minimum atomic E-state index is -2.57. The molecule has 1 aliphatic rings. The summed E-state index contributed by atoms with van der Waals surface area (Å²) in [6.45, 7) is 6.96. The lowest BCUT2D eigenvalue weighted by Gasteiger charge is -2.46. The van der Waals surface area contributed by atoms with Gasteiger partial charge in [-0.05, 0) is 53.2 Å². The highest BCUT2D eigenvalue weighted by Gasteiger charge is 2.51. The lowest BCUT2D eigenvalue weighted by Crippen LogP contribution is -2.67. The van der Waals surface area contributed by atoms with E-state index >= 15 is 0 Å². The molecule has 1 saturated carbocycles. The number of benzene rings is 3. The Morgan fingerprint density at radius 1 is 0.895 bits per heavy atom. The third kappa shape index (κ3) is 5.24. The number of primary amides is 1. The third-order valence-corrected chi connectivity index (χ3v) is 12.6. The fourth-order valence-electron chi connectivity index (χ4n) is 5.63. The molecule has 0 unspecified atom stereocenters. The van der Waals surface area contributed by atoms with Crippen LogP contribution in [-0.4, -0.2) is 31.4 Å². The van der Waals surface area contributed by atoms with E-state index in [-0.39, 0.29) is 22.9 Å². The first-order valence-electron chi connectivity index (χ1n) is 13.3. The highest BCUT2D eigenvalue weighted by atomic mass is 28.4. The molecule has 2 N–H and O–H groups in total. The van der Waals surface area contributed by atoms with E-state index in [0.29, 0.717) is 11.3 Å². The largest absolute Gasteiger partial charge is 0.490 e. The van der Waals surface area contributed by atoms with Crippen molar-refractivity contribution in [1.29, 1.82) is 0 Å². The van der Waals surface area contributed by atoms with Crippen molar-refractivity contribution in [2.75, 3.05) is 0 Å². The molecule has 0 atom stereocenters. The highest BCUT2D eigenvalue weighted by Crippen LogP contribution is 2.39. The van der Waals surface area contributed by atoms with E-state index in [1.165, 1.54) is 10.4 Å². The van der Waals surface area contributed by atoms with Crippen molar-refractivity contribution in [2.24, 2.45) is 5.73 Å². The van der Waals surface area contributed by atoms with Gasteiger partial charge in [0.1, 0.15) is 11.4 Å². The van der Waals surface area contributed by atoms with Crippen LogP contribution in [0.15, 0.2) is 84.9 Å². The molecule has 1 aliphatic carbocycles. The van der Waals surface area contributed by atoms with Gasteiger partial charge in [0, 0.05) is 23.6 Å². The molecule has 5 nitrogen and oxygen atoms in total. The monoisotopic (exact) mass is 523 g/mol. The number of carbonyl (C=O) groups excluding carboxylic acids is 1. The molecular formula is C32H35N2O3Si. The molecule has 5 rings (SSSR count). The van der Waals surface area contributed by atoms with Gasteiger partial charge < -0.3 is 14.9 Å². The summed E-state index contributed by atoms with van der Waals surface area (Å²) in [4.78, 5) is 15.9. The Balaban J connectivity index is 1.33. The smallest absolute Gasteiger partial charge is 0.267 e. The Morgan fingerprint density at radius 3 is 2.03 bits per heavy atom. The van der Waals surface area contributed by atoms with Gasteiger partial charge in [0.2, 0.25) is 0 Å². The van der Waals surface area contributed by atoms with E-state index in [4.69, 9.17) is 14.9 Å². The first-order chi connectivity index (χ1) is 18.3.